The number of nitrogens with zero attached hydrogens (tertiary/aromatic N) is 5. The second-order valence-corrected chi connectivity index (χ2v) is 8.06. The van der Waals surface area contributed by atoms with E-state index in [0.29, 0.717) is 12.0 Å². The predicted octanol–water partition coefficient (Wildman–Crippen LogP) is 3.23. The standard InChI is InChI=1S/C22H26FN7O/c23-20-5-6-26-22(29-20)28-16-3-1-15(2-4-16)27-19-14-17(30-9-11-31-12-10-30)13-18-21(19)25-8-7-24-18/h5-8,13-16,27H,1-4,9-12H2,(H,26,28,29). The van der Waals surface area contributed by atoms with Crippen LogP contribution < -0.4 is 15.5 Å². The van der Waals surface area contributed by atoms with Crippen LogP contribution in [0.25, 0.3) is 11.0 Å². The van der Waals surface area contributed by atoms with Gasteiger partial charge in [-0.2, -0.15) is 9.37 Å². The number of hydrogen-bond donors (Lipinski definition) is 2. The van der Waals surface area contributed by atoms with Gasteiger partial charge in [-0.25, -0.2) is 4.98 Å². The zero-order valence-electron chi connectivity index (χ0n) is 17.3. The summed E-state index contributed by atoms with van der Waals surface area (Å²) >= 11 is 0. The molecule has 0 radical (unpaired) electrons. The number of hydrogen-bond acceptors (Lipinski definition) is 8. The first-order valence-electron chi connectivity index (χ1n) is 10.8. The molecular weight excluding hydrogens is 397 g/mol. The molecule has 1 aliphatic heterocycles. The number of rotatable bonds is 5. The van der Waals surface area contributed by atoms with Gasteiger partial charge in [-0.05, 0) is 37.8 Å². The van der Waals surface area contributed by atoms with Crippen molar-refractivity contribution in [1.82, 2.24) is 19.9 Å². The molecule has 1 saturated carbocycles. The highest BCUT2D eigenvalue weighted by atomic mass is 19.1. The summed E-state index contributed by atoms with van der Waals surface area (Å²) in [5.41, 5.74) is 3.97. The third kappa shape index (κ3) is 4.66. The number of anilines is 3. The van der Waals surface area contributed by atoms with Crippen LogP contribution in [0.1, 0.15) is 25.7 Å². The Hall–Kier alpha value is -3.07. The molecule has 3 heterocycles. The van der Waals surface area contributed by atoms with Crippen molar-refractivity contribution < 1.29 is 9.13 Å². The summed E-state index contributed by atoms with van der Waals surface area (Å²) in [5.74, 6) is -0.156. The molecule has 0 amide bonds. The van der Waals surface area contributed by atoms with Crippen LogP contribution in [0.4, 0.5) is 21.7 Å². The number of nitrogens with one attached hydrogen (secondary N) is 2. The lowest BCUT2D eigenvalue weighted by molar-refractivity contribution is 0.122. The molecule has 0 atom stereocenters. The maximum atomic E-state index is 13.3. The van der Waals surface area contributed by atoms with E-state index in [1.165, 1.54) is 12.3 Å². The fourth-order valence-electron chi connectivity index (χ4n) is 4.36. The van der Waals surface area contributed by atoms with E-state index in [1.807, 2.05) is 0 Å². The van der Waals surface area contributed by atoms with Gasteiger partial charge >= 0.3 is 0 Å². The number of aromatic nitrogens is 4. The van der Waals surface area contributed by atoms with Crippen molar-refractivity contribution in [3.05, 3.63) is 42.7 Å². The van der Waals surface area contributed by atoms with Crippen molar-refractivity contribution in [2.75, 3.05) is 41.8 Å². The highest BCUT2D eigenvalue weighted by Crippen LogP contribution is 2.31. The molecule has 0 spiro atoms. The van der Waals surface area contributed by atoms with Crippen LogP contribution in [-0.4, -0.2) is 58.3 Å². The van der Waals surface area contributed by atoms with E-state index in [4.69, 9.17) is 4.74 Å². The fourth-order valence-corrected chi connectivity index (χ4v) is 4.36. The van der Waals surface area contributed by atoms with Crippen molar-refractivity contribution in [3.63, 3.8) is 0 Å². The third-order valence-electron chi connectivity index (χ3n) is 5.98. The molecular formula is C22H26FN7O. The van der Waals surface area contributed by atoms with Gasteiger partial charge in [0.25, 0.3) is 0 Å². The van der Waals surface area contributed by atoms with E-state index in [-0.39, 0.29) is 6.04 Å². The van der Waals surface area contributed by atoms with Crippen molar-refractivity contribution in [3.8, 4) is 0 Å². The molecule has 9 heteroatoms. The first kappa shape index (κ1) is 19.9. The Morgan fingerprint density at radius 1 is 0.903 bits per heavy atom. The van der Waals surface area contributed by atoms with Gasteiger partial charge in [0, 0.05) is 55.5 Å². The lowest BCUT2D eigenvalue weighted by atomic mass is 9.91. The molecule has 2 fully saturated rings. The molecule has 0 bridgehead atoms. The summed E-state index contributed by atoms with van der Waals surface area (Å²) in [5, 5.41) is 6.97. The van der Waals surface area contributed by atoms with Crippen LogP contribution >= 0.6 is 0 Å². The lowest BCUT2D eigenvalue weighted by Gasteiger charge is -2.32. The molecule has 1 saturated heterocycles. The van der Waals surface area contributed by atoms with Crippen molar-refractivity contribution in [1.29, 1.82) is 0 Å². The Morgan fingerprint density at radius 3 is 2.42 bits per heavy atom. The molecule has 1 aromatic carbocycles. The van der Waals surface area contributed by atoms with E-state index in [0.717, 1.165) is 74.4 Å². The fraction of sp³-hybridized carbons (Fsp3) is 0.455. The molecule has 2 aliphatic rings. The first-order valence-corrected chi connectivity index (χ1v) is 10.8. The minimum Gasteiger partial charge on any atom is -0.380 e. The Morgan fingerprint density at radius 2 is 1.65 bits per heavy atom. The monoisotopic (exact) mass is 423 g/mol. The SMILES string of the molecule is Fc1ccnc(NC2CCC(Nc3cc(N4CCOCC4)cc4nccnc34)CC2)n1. The molecule has 2 aromatic heterocycles. The summed E-state index contributed by atoms with van der Waals surface area (Å²) in [4.78, 5) is 19.4. The van der Waals surface area contributed by atoms with Crippen LogP contribution in [0.2, 0.25) is 0 Å². The molecule has 162 valence electrons. The van der Waals surface area contributed by atoms with Crippen molar-refractivity contribution in [2.24, 2.45) is 0 Å². The predicted molar refractivity (Wildman–Crippen MR) is 118 cm³/mol. The minimum absolute atomic E-state index is 0.246. The largest absolute Gasteiger partial charge is 0.380 e. The van der Waals surface area contributed by atoms with E-state index in [9.17, 15) is 4.39 Å². The highest BCUT2D eigenvalue weighted by molar-refractivity contribution is 5.91. The van der Waals surface area contributed by atoms with E-state index in [1.54, 1.807) is 12.4 Å². The molecule has 0 unspecified atom stereocenters. The van der Waals surface area contributed by atoms with Crippen molar-refractivity contribution >= 4 is 28.4 Å². The Bertz CT molecular complexity index is 1040. The average Bonchev–Trinajstić information content (AvgIpc) is 2.81. The van der Waals surface area contributed by atoms with Gasteiger partial charge in [0.05, 0.1) is 24.4 Å². The summed E-state index contributed by atoms with van der Waals surface area (Å²) in [6.07, 6.45) is 8.83. The zero-order valence-corrected chi connectivity index (χ0v) is 17.3. The quantitative estimate of drug-likeness (QED) is 0.605. The Labute approximate surface area is 180 Å². The van der Waals surface area contributed by atoms with Crippen LogP contribution in [0.15, 0.2) is 36.8 Å². The maximum absolute atomic E-state index is 13.3. The van der Waals surface area contributed by atoms with Gasteiger partial charge in [0.15, 0.2) is 0 Å². The third-order valence-corrected chi connectivity index (χ3v) is 5.98. The number of morpholine rings is 1. The molecule has 8 nitrogen and oxygen atoms in total. The van der Waals surface area contributed by atoms with E-state index >= 15 is 0 Å². The van der Waals surface area contributed by atoms with Gasteiger partial charge in [-0.1, -0.05) is 0 Å². The van der Waals surface area contributed by atoms with Crippen LogP contribution in [-0.2, 0) is 4.74 Å². The van der Waals surface area contributed by atoms with Gasteiger partial charge < -0.3 is 20.3 Å². The lowest BCUT2D eigenvalue weighted by Crippen LogP contribution is -2.36. The number of fused-ring (bicyclic) bond motifs is 1. The second kappa shape index (κ2) is 8.97. The van der Waals surface area contributed by atoms with Gasteiger partial charge in [0.2, 0.25) is 11.9 Å². The second-order valence-electron chi connectivity index (χ2n) is 8.06. The molecule has 1 aliphatic carbocycles. The molecule has 3 aromatic rings. The van der Waals surface area contributed by atoms with Crippen LogP contribution in [0, 0.1) is 5.95 Å². The van der Waals surface area contributed by atoms with Crippen LogP contribution in [0.5, 0.6) is 0 Å². The zero-order chi connectivity index (χ0) is 21.0. The minimum atomic E-state index is -0.513. The Kier molecular flexibility index (Phi) is 5.75. The first-order chi connectivity index (χ1) is 15.2. The van der Waals surface area contributed by atoms with E-state index < -0.39 is 5.95 Å². The van der Waals surface area contributed by atoms with Gasteiger partial charge in [-0.15, -0.1) is 0 Å². The maximum Gasteiger partial charge on any atom is 0.225 e. The number of benzene rings is 1. The van der Waals surface area contributed by atoms with Crippen LogP contribution in [0.3, 0.4) is 0 Å². The highest BCUT2D eigenvalue weighted by Gasteiger charge is 2.23. The molecule has 2 N–H and O–H groups in total. The number of halogens is 1. The van der Waals surface area contributed by atoms with Crippen molar-refractivity contribution in [2.45, 2.75) is 37.8 Å². The number of ether oxygens (including phenoxy) is 1. The summed E-state index contributed by atoms with van der Waals surface area (Å²) in [6.45, 7) is 3.24. The summed E-state index contributed by atoms with van der Waals surface area (Å²) in [7, 11) is 0. The topological polar surface area (TPSA) is 88.1 Å². The summed E-state index contributed by atoms with van der Waals surface area (Å²) in [6, 6.07) is 6.14. The average molecular weight is 423 g/mol. The smallest absolute Gasteiger partial charge is 0.225 e. The Balaban J connectivity index is 1.28. The summed E-state index contributed by atoms with van der Waals surface area (Å²) < 4.78 is 18.8. The normalized spacial score (nSPS) is 21.8. The van der Waals surface area contributed by atoms with Gasteiger partial charge in [0.1, 0.15) is 5.52 Å². The molecule has 5 rings (SSSR count). The van der Waals surface area contributed by atoms with E-state index in [2.05, 4.69) is 47.6 Å². The van der Waals surface area contributed by atoms with Gasteiger partial charge in [-0.3, -0.25) is 9.97 Å². The molecule has 31 heavy (non-hydrogen) atoms.